The SMILES string of the molecule is Cc1ccc(OCC(=O)NNC(=O)[C@H]2CS[C@@]3(C)CCC(=O)N23)cc1. The fourth-order valence-electron chi connectivity index (χ4n) is 3.05. The molecule has 8 heteroatoms. The van der Waals surface area contributed by atoms with Crippen LogP contribution in [0.4, 0.5) is 0 Å². The van der Waals surface area contributed by atoms with Crippen molar-refractivity contribution in [1.82, 2.24) is 15.8 Å². The molecule has 3 rings (SSSR count). The monoisotopic (exact) mass is 363 g/mol. The molecule has 134 valence electrons. The molecule has 0 saturated carbocycles. The Bertz CT molecular complexity index is 694. The third kappa shape index (κ3) is 3.73. The number of rotatable bonds is 4. The van der Waals surface area contributed by atoms with Crippen LogP contribution >= 0.6 is 11.8 Å². The Hall–Kier alpha value is -2.22. The molecule has 1 aromatic carbocycles. The number of benzene rings is 1. The maximum Gasteiger partial charge on any atom is 0.276 e. The van der Waals surface area contributed by atoms with E-state index in [9.17, 15) is 14.4 Å². The molecule has 0 bridgehead atoms. The Labute approximate surface area is 150 Å². The second kappa shape index (κ2) is 6.95. The van der Waals surface area contributed by atoms with E-state index in [0.717, 1.165) is 12.0 Å². The van der Waals surface area contributed by atoms with Gasteiger partial charge in [-0.05, 0) is 32.4 Å². The number of fused-ring (bicyclic) bond motifs is 1. The van der Waals surface area contributed by atoms with Gasteiger partial charge in [-0.25, -0.2) is 0 Å². The van der Waals surface area contributed by atoms with Gasteiger partial charge in [0.2, 0.25) is 5.91 Å². The van der Waals surface area contributed by atoms with E-state index in [4.69, 9.17) is 4.74 Å². The Balaban J connectivity index is 1.46. The zero-order valence-electron chi connectivity index (χ0n) is 14.2. The van der Waals surface area contributed by atoms with Crippen LogP contribution in [0, 0.1) is 6.92 Å². The zero-order valence-corrected chi connectivity index (χ0v) is 15.0. The van der Waals surface area contributed by atoms with Gasteiger partial charge >= 0.3 is 0 Å². The quantitative estimate of drug-likeness (QED) is 0.779. The molecule has 0 aliphatic carbocycles. The van der Waals surface area contributed by atoms with Gasteiger partial charge in [-0.15, -0.1) is 11.8 Å². The van der Waals surface area contributed by atoms with Crippen molar-refractivity contribution in [2.75, 3.05) is 12.4 Å². The van der Waals surface area contributed by atoms with E-state index in [1.807, 2.05) is 26.0 Å². The van der Waals surface area contributed by atoms with E-state index in [1.165, 1.54) is 0 Å². The van der Waals surface area contributed by atoms with Crippen molar-refractivity contribution in [3.8, 4) is 5.75 Å². The fraction of sp³-hybridized carbons (Fsp3) is 0.471. The molecule has 2 saturated heterocycles. The van der Waals surface area contributed by atoms with Crippen LogP contribution < -0.4 is 15.6 Å². The minimum Gasteiger partial charge on any atom is -0.484 e. The van der Waals surface area contributed by atoms with Crippen molar-refractivity contribution < 1.29 is 19.1 Å². The number of nitrogens with zero attached hydrogens (tertiary/aromatic N) is 1. The number of thioether (sulfide) groups is 1. The van der Waals surface area contributed by atoms with Crippen LogP contribution in [0.15, 0.2) is 24.3 Å². The highest BCUT2D eigenvalue weighted by Gasteiger charge is 2.52. The topological polar surface area (TPSA) is 87.7 Å². The van der Waals surface area contributed by atoms with Crippen molar-refractivity contribution in [2.24, 2.45) is 0 Å². The number of nitrogens with one attached hydrogen (secondary N) is 2. The summed E-state index contributed by atoms with van der Waals surface area (Å²) in [5, 5.41) is 0. The summed E-state index contributed by atoms with van der Waals surface area (Å²) in [5.41, 5.74) is 5.83. The lowest BCUT2D eigenvalue weighted by Crippen LogP contribution is -2.54. The van der Waals surface area contributed by atoms with E-state index >= 15 is 0 Å². The fourth-order valence-corrected chi connectivity index (χ4v) is 4.48. The largest absolute Gasteiger partial charge is 0.484 e. The maximum absolute atomic E-state index is 12.3. The van der Waals surface area contributed by atoms with Crippen molar-refractivity contribution in [3.63, 3.8) is 0 Å². The summed E-state index contributed by atoms with van der Waals surface area (Å²) in [5.74, 6) is 0.258. The number of ether oxygens (including phenoxy) is 1. The Morgan fingerprint density at radius 1 is 1.32 bits per heavy atom. The number of carbonyl (C=O) groups excluding carboxylic acids is 3. The van der Waals surface area contributed by atoms with Crippen LogP contribution in [0.3, 0.4) is 0 Å². The second-order valence-corrected chi connectivity index (χ2v) is 7.91. The summed E-state index contributed by atoms with van der Waals surface area (Å²) in [6.45, 7) is 3.73. The number of aryl methyl sites for hydroxylation is 1. The molecule has 0 radical (unpaired) electrons. The lowest BCUT2D eigenvalue weighted by atomic mass is 10.2. The summed E-state index contributed by atoms with van der Waals surface area (Å²) in [6, 6.07) is 6.77. The third-order valence-electron chi connectivity index (χ3n) is 4.46. The molecule has 25 heavy (non-hydrogen) atoms. The van der Waals surface area contributed by atoms with Gasteiger partial charge in [0.1, 0.15) is 11.8 Å². The van der Waals surface area contributed by atoms with Gasteiger partial charge in [0.25, 0.3) is 11.8 Å². The molecule has 0 unspecified atom stereocenters. The molecule has 7 nitrogen and oxygen atoms in total. The Morgan fingerprint density at radius 3 is 2.76 bits per heavy atom. The van der Waals surface area contributed by atoms with Crippen LogP contribution in [0.2, 0.25) is 0 Å². The first-order chi connectivity index (χ1) is 11.9. The number of carbonyl (C=O) groups is 3. The van der Waals surface area contributed by atoms with Crippen LogP contribution in [0.5, 0.6) is 5.75 Å². The molecule has 2 fully saturated rings. The van der Waals surface area contributed by atoms with Crippen molar-refractivity contribution >= 4 is 29.5 Å². The van der Waals surface area contributed by atoms with E-state index in [0.29, 0.717) is 17.9 Å². The molecular weight excluding hydrogens is 342 g/mol. The molecule has 3 amide bonds. The first-order valence-electron chi connectivity index (χ1n) is 8.13. The van der Waals surface area contributed by atoms with Crippen LogP contribution in [-0.2, 0) is 14.4 Å². The summed E-state index contributed by atoms with van der Waals surface area (Å²) < 4.78 is 5.35. The molecule has 2 atom stereocenters. The highest BCUT2D eigenvalue weighted by molar-refractivity contribution is 8.01. The molecule has 2 aliphatic rings. The molecule has 2 N–H and O–H groups in total. The summed E-state index contributed by atoms with van der Waals surface area (Å²) >= 11 is 1.61. The van der Waals surface area contributed by atoms with Gasteiger partial charge in [-0.1, -0.05) is 17.7 Å². The lowest BCUT2D eigenvalue weighted by molar-refractivity contribution is -0.139. The van der Waals surface area contributed by atoms with Crippen LogP contribution in [0.1, 0.15) is 25.3 Å². The Kier molecular flexibility index (Phi) is 4.89. The van der Waals surface area contributed by atoms with Gasteiger partial charge in [-0.2, -0.15) is 0 Å². The molecule has 0 aromatic heterocycles. The number of hydrazine groups is 1. The predicted octanol–water partition coefficient (Wildman–Crippen LogP) is 0.975. The van der Waals surface area contributed by atoms with Gasteiger partial charge in [-0.3, -0.25) is 25.2 Å². The standard InChI is InChI=1S/C17H21N3O4S/c1-11-3-5-12(6-4-11)24-9-14(21)18-19-16(23)13-10-25-17(2)8-7-15(22)20(13)17/h3-6,13H,7-10H2,1-2H3,(H,18,21)(H,19,23)/t13-,17+/m1/s1. The van der Waals surface area contributed by atoms with Crippen molar-refractivity contribution in [2.45, 2.75) is 37.6 Å². The molecule has 2 heterocycles. The maximum atomic E-state index is 12.3. The summed E-state index contributed by atoms with van der Waals surface area (Å²) in [6.07, 6.45) is 1.21. The minimum atomic E-state index is -0.552. The van der Waals surface area contributed by atoms with Crippen molar-refractivity contribution in [1.29, 1.82) is 0 Å². The third-order valence-corrected chi connectivity index (χ3v) is 5.97. The number of hydrogen-bond donors (Lipinski definition) is 2. The predicted molar refractivity (Wildman–Crippen MR) is 93.7 cm³/mol. The Morgan fingerprint density at radius 2 is 2.04 bits per heavy atom. The average molecular weight is 363 g/mol. The smallest absolute Gasteiger partial charge is 0.276 e. The lowest BCUT2D eigenvalue weighted by Gasteiger charge is -2.29. The van der Waals surface area contributed by atoms with Crippen molar-refractivity contribution in [3.05, 3.63) is 29.8 Å². The number of amides is 3. The highest BCUT2D eigenvalue weighted by Crippen LogP contribution is 2.47. The minimum absolute atomic E-state index is 0.0123. The second-order valence-electron chi connectivity index (χ2n) is 6.40. The van der Waals surface area contributed by atoms with Gasteiger partial charge in [0, 0.05) is 12.2 Å². The summed E-state index contributed by atoms with van der Waals surface area (Å²) in [7, 11) is 0. The molecule has 1 aromatic rings. The summed E-state index contributed by atoms with van der Waals surface area (Å²) in [4.78, 5) is 37.5. The van der Waals surface area contributed by atoms with Crippen LogP contribution in [-0.4, -0.2) is 45.9 Å². The van der Waals surface area contributed by atoms with E-state index in [-0.39, 0.29) is 23.3 Å². The molecule has 0 spiro atoms. The molecule has 2 aliphatic heterocycles. The first-order valence-corrected chi connectivity index (χ1v) is 9.12. The van der Waals surface area contributed by atoms with Gasteiger partial charge in [0.05, 0.1) is 4.87 Å². The van der Waals surface area contributed by atoms with Gasteiger partial charge < -0.3 is 9.64 Å². The van der Waals surface area contributed by atoms with E-state index in [2.05, 4.69) is 10.9 Å². The normalized spacial score (nSPS) is 24.8. The zero-order chi connectivity index (χ0) is 18.0. The average Bonchev–Trinajstić information content (AvgIpc) is 3.08. The van der Waals surface area contributed by atoms with E-state index in [1.54, 1.807) is 28.8 Å². The molecular formula is C17H21N3O4S. The van der Waals surface area contributed by atoms with E-state index < -0.39 is 11.9 Å². The highest BCUT2D eigenvalue weighted by atomic mass is 32.2. The number of hydrogen-bond acceptors (Lipinski definition) is 5. The first kappa shape index (κ1) is 17.6. The van der Waals surface area contributed by atoms with Crippen LogP contribution in [0.25, 0.3) is 0 Å². The van der Waals surface area contributed by atoms with Gasteiger partial charge in [0.15, 0.2) is 6.61 Å².